The average Bonchev–Trinajstić information content (AvgIpc) is 2.58. The molecule has 0 N–H and O–H groups in total. The van der Waals surface area contributed by atoms with E-state index in [1.807, 2.05) is 0 Å². The maximum Gasteiger partial charge on any atom is 0.378 e. The van der Waals surface area contributed by atoms with E-state index < -0.39 is 56.5 Å². The van der Waals surface area contributed by atoms with E-state index in [0.717, 1.165) is 0 Å². The second kappa shape index (κ2) is 11.6. The standard InChI is InChI=1S/C11H16Br2F8N4O2/c1-2-3-4-5-6-10(22(14)15,23(16)17)11(24(18)19,25(20)21)27-9(26)8(13)7-12/h8H,2-7H2,1H3. The molecular weight excluding hydrogens is 532 g/mol. The van der Waals surface area contributed by atoms with Crippen molar-refractivity contribution in [1.29, 1.82) is 0 Å². The van der Waals surface area contributed by atoms with Crippen molar-refractivity contribution >= 4 is 37.8 Å². The third-order valence-electron chi connectivity index (χ3n) is 3.55. The van der Waals surface area contributed by atoms with Crippen molar-refractivity contribution in [2.75, 3.05) is 5.33 Å². The van der Waals surface area contributed by atoms with Gasteiger partial charge >= 0.3 is 11.8 Å². The molecule has 16 heteroatoms. The second-order valence-corrected chi connectivity index (χ2v) is 6.96. The Morgan fingerprint density at radius 2 is 1.41 bits per heavy atom. The Morgan fingerprint density at radius 1 is 0.926 bits per heavy atom. The molecule has 0 aromatic carbocycles. The lowest BCUT2D eigenvalue weighted by Gasteiger charge is -2.45. The number of nitrogens with zero attached hydrogens (tertiary/aromatic N) is 4. The van der Waals surface area contributed by atoms with Crippen molar-refractivity contribution in [3.8, 4) is 0 Å². The largest absolute Gasteiger partial charge is 0.416 e. The Bertz CT molecular complexity index is 448. The lowest BCUT2D eigenvalue weighted by molar-refractivity contribution is -0.540. The monoisotopic (exact) mass is 546 g/mol. The van der Waals surface area contributed by atoms with Crippen LogP contribution in [0.15, 0.2) is 0 Å². The number of unbranched alkanes of at least 4 members (excludes halogenated alkanes) is 3. The fraction of sp³-hybridized carbons (Fsp3) is 0.909. The molecule has 1 unspecified atom stereocenters. The number of hydrogen-bond donors (Lipinski definition) is 0. The molecule has 1 atom stereocenters. The van der Waals surface area contributed by atoms with Crippen molar-refractivity contribution in [2.24, 2.45) is 0 Å². The Kier molecular flexibility index (Phi) is 11.5. The Balaban J connectivity index is 6.36. The summed E-state index contributed by atoms with van der Waals surface area (Å²) in [6.07, 6.45) is -1.29. The lowest BCUT2D eigenvalue weighted by atomic mass is 9.96. The van der Waals surface area contributed by atoms with Gasteiger partial charge in [-0.25, -0.2) is 0 Å². The molecule has 0 bridgehead atoms. The summed E-state index contributed by atoms with van der Waals surface area (Å²) in [5, 5.41) is -10.8. The molecule has 0 aliphatic rings. The number of carbonyl (C=O) groups excluding carboxylic acids is 1. The molecular formula is C11H16Br2F8N4O2. The summed E-state index contributed by atoms with van der Waals surface area (Å²) in [5.74, 6) is -7.05. The number of rotatable bonds is 13. The predicted octanol–water partition coefficient (Wildman–Crippen LogP) is 5.29. The Labute approximate surface area is 165 Å². The van der Waals surface area contributed by atoms with Crippen LogP contribution >= 0.6 is 31.9 Å². The molecule has 0 rings (SSSR count). The first-order valence-electron chi connectivity index (χ1n) is 7.35. The number of hydrogen-bond acceptors (Lipinski definition) is 6. The van der Waals surface area contributed by atoms with Crippen LogP contribution in [-0.2, 0) is 9.53 Å². The number of esters is 1. The molecule has 162 valence electrons. The highest BCUT2D eigenvalue weighted by atomic mass is 79.9. The molecule has 6 nitrogen and oxygen atoms in total. The summed E-state index contributed by atoms with van der Waals surface area (Å²) < 4.78 is 111. The summed E-state index contributed by atoms with van der Waals surface area (Å²) in [6.45, 7) is 1.68. The van der Waals surface area contributed by atoms with Crippen molar-refractivity contribution in [3.05, 3.63) is 0 Å². The van der Waals surface area contributed by atoms with Gasteiger partial charge in [-0.15, -0.1) is 0 Å². The highest BCUT2D eigenvalue weighted by Gasteiger charge is 2.76. The zero-order chi connectivity index (χ0) is 21.4. The van der Waals surface area contributed by atoms with Crippen molar-refractivity contribution in [2.45, 2.75) is 55.4 Å². The van der Waals surface area contributed by atoms with Gasteiger partial charge in [0, 0.05) is 5.33 Å². The molecule has 0 aromatic rings. The van der Waals surface area contributed by atoms with Gasteiger partial charge in [0.2, 0.25) is 0 Å². The molecule has 27 heavy (non-hydrogen) atoms. The minimum atomic E-state index is -5.14. The summed E-state index contributed by atoms with van der Waals surface area (Å²) in [4.78, 5) is 10.2. The van der Waals surface area contributed by atoms with E-state index in [0.29, 0.717) is 12.8 Å². The number of alkyl halides is 2. The van der Waals surface area contributed by atoms with Crippen LogP contribution < -0.4 is 0 Å². The summed E-state index contributed by atoms with van der Waals surface area (Å²) in [6, 6.07) is 0. The van der Waals surface area contributed by atoms with Crippen LogP contribution in [0.1, 0.15) is 39.0 Å². The zero-order valence-corrected chi connectivity index (χ0v) is 16.9. The zero-order valence-electron chi connectivity index (χ0n) is 13.7. The van der Waals surface area contributed by atoms with Crippen LogP contribution in [0.25, 0.3) is 0 Å². The van der Waals surface area contributed by atoms with Crippen molar-refractivity contribution in [3.63, 3.8) is 0 Å². The number of carbonyl (C=O) groups is 1. The second-order valence-electron chi connectivity index (χ2n) is 5.21. The smallest absolute Gasteiger partial charge is 0.378 e. The SMILES string of the molecule is CCCCCCC(N(F)F)(N(F)F)C(OC(=O)C(Br)CBr)(N(F)F)N(F)F. The molecule has 0 fully saturated rings. The highest BCUT2D eigenvalue weighted by molar-refractivity contribution is 9.12. The van der Waals surface area contributed by atoms with Gasteiger partial charge in [0.15, 0.2) is 0 Å². The molecule has 0 spiro atoms. The normalized spacial score (nSPS) is 14.5. The van der Waals surface area contributed by atoms with E-state index >= 15 is 0 Å². The van der Waals surface area contributed by atoms with Crippen LogP contribution in [0.3, 0.4) is 0 Å². The fourth-order valence-corrected chi connectivity index (χ4v) is 2.51. The molecule has 0 saturated heterocycles. The van der Waals surface area contributed by atoms with E-state index in [9.17, 15) is 40.6 Å². The average molecular weight is 548 g/mol. The third-order valence-corrected chi connectivity index (χ3v) is 5.77. The fourth-order valence-electron chi connectivity index (χ4n) is 2.15. The van der Waals surface area contributed by atoms with E-state index in [2.05, 4.69) is 36.6 Å². The first-order valence-corrected chi connectivity index (χ1v) is 9.39. The minimum absolute atomic E-state index is 0.00354. The first kappa shape index (κ1) is 26.7. The maximum absolute atomic E-state index is 13.4. The van der Waals surface area contributed by atoms with Gasteiger partial charge < -0.3 is 4.74 Å². The topological polar surface area (TPSA) is 39.3 Å². The molecule has 0 heterocycles. The van der Waals surface area contributed by atoms with E-state index in [4.69, 9.17) is 0 Å². The van der Waals surface area contributed by atoms with Gasteiger partial charge in [0.1, 0.15) is 4.83 Å². The molecule has 0 aliphatic carbocycles. The Morgan fingerprint density at radius 3 is 1.74 bits per heavy atom. The van der Waals surface area contributed by atoms with Crippen molar-refractivity contribution < 1.29 is 45.4 Å². The number of halogens is 10. The quantitative estimate of drug-likeness (QED) is 0.0779. The van der Waals surface area contributed by atoms with Gasteiger partial charge in [0.25, 0.3) is 5.66 Å². The highest BCUT2D eigenvalue weighted by Crippen LogP contribution is 2.47. The molecule has 0 radical (unpaired) electrons. The number of ether oxygens (including phenoxy) is 1. The van der Waals surface area contributed by atoms with Gasteiger partial charge in [-0.05, 0) is 12.8 Å². The predicted molar refractivity (Wildman–Crippen MR) is 83.0 cm³/mol. The van der Waals surface area contributed by atoms with Gasteiger partial charge in [-0.2, -0.15) is 0 Å². The Hall–Kier alpha value is -0.290. The summed E-state index contributed by atoms with van der Waals surface area (Å²) in [7, 11) is 0. The maximum atomic E-state index is 13.4. The van der Waals surface area contributed by atoms with E-state index in [1.54, 1.807) is 6.92 Å². The molecule has 0 amide bonds. The van der Waals surface area contributed by atoms with Gasteiger partial charge in [-0.3, -0.25) is 4.79 Å². The van der Waals surface area contributed by atoms with Crippen LogP contribution in [0.5, 0.6) is 0 Å². The van der Waals surface area contributed by atoms with Gasteiger partial charge in [-0.1, -0.05) is 93.9 Å². The van der Waals surface area contributed by atoms with Gasteiger partial charge in [0.05, 0.1) is 21.4 Å². The lowest BCUT2D eigenvalue weighted by Crippen LogP contribution is -2.75. The van der Waals surface area contributed by atoms with Crippen LogP contribution in [0, 0.1) is 0 Å². The molecule has 0 aromatic heterocycles. The minimum Gasteiger partial charge on any atom is -0.416 e. The molecule has 0 aliphatic heterocycles. The van der Waals surface area contributed by atoms with Crippen molar-refractivity contribution in [1.82, 2.24) is 21.4 Å². The summed E-state index contributed by atoms with van der Waals surface area (Å²) in [5.41, 5.74) is -4.71. The first-order chi connectivity index (χ1) is 12.4. The van der Waals surface area contributed by atoms with Crippen LogP contribution in [0.4, 0.5) is 35.9 Å². The van der Waals surface area contributed by atoms with Crippen LogP contribution in [0.2, 0.25) is 0 Å². The van der Waals surface area contributed by atoms with E-state index in [1.165, 1.54) is 0 Å². The van der Waals surface area contributed by atoms with Crippen LogP contribution in [-0.4, -0.2) is 49.0 Å². The summed E-state index contributed by atoms with van der Waals surface area (Å²) >= 11 is 5.25. The molecule has 0 saturated carbocycles. The third kappa shape index (κ3) is 5.62. The van der Waals surface area contributed by atoms with E-state index in [-0.39, 0.29) is 11.8 Å².